The van der Waals surface area contributed by atoms with E-state index in [0.29, 0.717) is 45.0 Å². The molecule has 0 bridgehead atoms. The molecule has 2 aromatic rings. The number of nitrogens with zero attached hydrogens (tertiary/aromatic N) is 3. The fraction of sp³-hybridized carbons (Fsp3) is 0.476. The monoisotopic (exact) mass is 421 g/mol. The molecule has 6 nitrogen and oxygen atoms in total. The first-order chi connectivity index (χ1) is 14.3. The van der Waals surface area contributed by atoms with Gasteiger partial charge < -0.3 is 9.64 Å². The predicted molar refractivity (Wildman–Crippen MR) is 102 cm³/mol. The molecule has 9 heteroatoms. The Morgan fingerprint density at radius 1 is 1.17 bits per heavy atom. The van der Waals surface area contributed by atoms with Crippen LogP contribution in [0, 0.1) is 5.92 Å². The minimum Gasteiger partial charge on any atom is -0.480 e. The second-order valence-electron chi connectivity index (χ2n) is 7.78. The molecule has 160 valence electrons. The maximum atomic E-state index is 12.8. The van der Waals surface area contributed by atoms with Gasteiger partial charge in [-0.2, -0.15) is 13.2 Å². The van der Waals surface area contributed by atoms with Gasteiger partial charge in [0.2, 0.25) is 0 Å². The summed E-state index contributed by atoms with van der Waals surface area (Å²) < 4.78 is 45.1. The Labute approximate surface area is 171 Å². The van der Waals surface area contributed by atoms with Crippen LogP contribution in [0.4, 0.5) is 13.2 Å². The molecule has 30 heavy (non-hydrogen) atoms. The number of hydrogen-bond donors (Lipinski definition) is 0. The number of amides is 1. The number of aryl methyl sites for hydroxylation is 1. The fourth-order valence-electron chi connectivity index (χ4n) is 4.03. The summed E-state index contributed by atoms with van der Waals surface area (Å²) in [6.07, 6.45) is -1.39. The quantitative estimate of drug-likeness (QED) is 0.765. The fourth-order valence-corrected chi connectivity index (χ4v) is 4.03. The van der Waals surface area contributed by atoms with Crippen LogP contribution in [0.5, 0.6) is 5.75 Å². The molecule has 1 unspecified atom stereocenters. The topological polar surface area (TPSA) is 64.4 Å². The first-order valence-corrected chi connectivity index (χ1v) is 9.98. The Bertz CT molecular complexity index is 981. The Morgan fingerprint density at radius 3 is 2.60 bits per heavy atom. The van der Waals surface area contributed by atoms with Crippen molar-refractivity contribution >= 4 is 5.91 Å². The standard InChI is InChI=1S/C21H22F3N3O3/c22-21(23,24)18-11-19(28)27(13-25-18)12-14-7-9-26(10-8-14)20(29)17-6-5-15-3-1-2-4-16(15)30-17/h1-4,11,13-14,17H,5-10,12H2. The number of benzene rings is 1. The number of likely N-dealkylation sites (tertiary alicyclic amines) is 1. The second-order valence-corrected chi connectivity index (χ2v) is 7.78. The van der Waals surface area contributed by atoms with Crippen LogP contribution in [0.3, 0.4) is 0 Å². The highest BCUT2D eigenvalue weighted by molar-refractivity contribution is 5.81. The van der Waals surface area contributed by atoms with Gasteiger partial charge in [-0.15, -0.1) is 0 Å². The number of fused-ring (bicyclic) bond motifs is 1. The Balaban J connectivity index is 1.32. The molecule has 3 heterocycles. The molecule has 2 aliphatic heterocycles. The van der Waals surface area contributed by atoms with Crippen LogP contribution in [-0.2, 0) is 23.9 Å². The van der Waals surface area contributed by atoms with Gasteiger partial charge >= 0.3 is 6.18 Å². The molecule has 0 N–H and O–H groups in total. The van der Waals surface area contributed by atoms with Crippen molar-refractivity contribution in [3.8, 4) is 5.75 Å². The second kappa shape index (κ2) is 8.12. The highest BCUT2D eigenvalue weighted by atomic mass is 19.4. The average Bonchev–Trinajstić information content (AvgIpc) is 2.74. The van der Waals surface area contributed by atoms with E-state index < -0.39 is 23.5 Å². The van der Waals surface area contributed by atoms with E-state index in [1.165, 1.54) is 4.57 Å². The first-order valence-electron chi connectivity index (χ1n) is 9.98. The first kappa shape index (κ1) is 20.4. The lowest BCUT2D eigenvalue weighted by atomic mass is 9.95. The predicted octanol–water partition coefficient (Wildman–Crippen LogP) is 2.89. The summed E-state index contributed by atoms with van der Waals surface area (Å²) in [5, 5.41) is 0. The van der Waals surface area contributed by atoms with E-state index in [1.807, 2.05) is 24.3 Å². The van der Waals surface area contributed by atoms with E-state index in [2.05, 4.69) is 4.98 Å². The molecule has 4 rings (SSSR count). The summed E-state index contributed by atoms with van der Waals surface area (Å²) in [5.74, 6) is 0.820. The number of para-hydroxylation sites is 1. The Hall–Kier alpha value is -2.84. The van der Waals surface area contributed by atoms with E-state index in [1.54, 1.807) is 4.90 Å². The molecule has 1 aromatic heterocycles. The number of piperidine rings is 1. The van der Waals surface area contributed by atoms with Crippen LogP contribution in [-0.4, -0.2) is 39.6 Å². The molecule has 0 radical (unpaired) electrons. The van der Waals surface area contributed by atoms with Crippen molar-refractivity contribution in [2.75, 3.05) is 13.1 Å². The van der Waals surface area contributed by atoms with Crippen molar-refractivity contribution in [3.05, 3.63) is 58.3 Å². The molecular weight excluding hydrogens is 399 g/mol. The third-order valence-electron chi connectivity index (χ3n) is 5.74. The zero-order valence-electron chi connectivity index (χ0n) is 16.3. The molecular formula is C21H22F3N3O3. The van der Waals surface area contributed by atoms with Crippen molar-refractivity contribution in [2.45, 2.75) is 44.5 Å². The van der Waals surface area contributed by atoms with Crippen LogP contribution in [0.1, 0.15) is 30.5 Å². The lowest BCUT2D eigenvalue weighted by Gasteiger charge is -2.35. The molecule has 0 saturated carbocycles. The summed E-state index contributed by atoms with van der Waals surface area (Å²) in [5.41, 5.74) is -0.792. The number of aromatic nitrogens is 2. The van der Waals surface area contributed by atoms with Crippen molar-refractivity contribution in [3.63, 3.8) is 0 Å². The maximum absolute atomic E-state index is 12.8. The van der Waals surface area contributed by atoms with Crippen molar-refractivity contribution < 1.29 is 22.7 Å². The summed E-state index contributed by atoms with van der Waals surface area (Å²) in [6.45, 7) is 1.36. The number of carbonyl (C=O) groups excluding carboxylic acids is 1. The van der Waals surface area contributed by atoms with E-state index in [4.69, 9.17) is 4.74 Å². The third-order valence-corrected chi connectivity index (χ3v) is 5.74. The van der Waals surface area contributed by atoms with Gasteiger partial charge in [0.05, 0.1) is 6.33 Å². The van der Waals surface area contributed by atoms with Gasteiger partial charge in [0.1, 0.15) is 5.75 Å². The van der Waals surface area contributed by atoms with E-state index in [9.17, 15) is 22.8 Å². The third kappa shape index (κ3) is 4.34. The SMILES string of the molecule is O=C(C1CCc2ccccc2O1)N1CCC(Cn2cnc(C(F)(F)F)cc2=O)CC1. The van der Waals surface area contributed by atoms with E-state index in [0.717, 1.165) is 24.1 Å². The molecule has 1 aromatic carbocycles. The number of ether oxygens (including phenoxy) is 1. The summed E-state index contributed by atoms with van der Waals surface area (Å²) >= 11 is 0. The normalized spacial score (nSPS) is 19.8. The van der Waals surface area contributed by atoms with Gasteiger partial charge in [-0.3, -0.25) is 14.2 Å². The lowest BCUT2D eigenvalue weighted by molar-refractivity contribution is -0.141. The summed E-state index contributed by atoms with van der Waals surface area (Å²) in [4.78, 5) is 30.0. The van der Waals surface area contributed by atoms with Crippen LogP contribution in [0.15, 0.2) is 41.5 Å². The number of carbonyl (C=O) groups is 1. The van der Waals surface area contributed by atoms with E-state index in [-0.39, 0.29) is 11.8 Å². The van der Waals surface area contributed by atoms with Crippen molar-refractivity contribution in [1.29, 1.82) is 0 Å². The van der Waals surface area contributed by atoms with Crippen LogP contribution in [0.2, 0.25) is 0 Å². The zero-order valence-corrected chi connectivity index (χ0v) is 16.3. The minimum atomic E-state index is -4.63. The van der Waals surface area contributed by atoms with Gasteiger partial charge in [-0.25, -0.2) is 4.98 Å². The zero-order chi connectivity index (χ0) is 21.3. The number of alkyl halides is 3. The number of hydrogen-bond acceptors (Lipinski definition) is 4. The van der Waals surface area contributed by atoms with Gasteiger partial charge in [0, 0.05) is 25.7 Å². The maximum Gasteiger partial charge on any atom is 0.433 e. The van der Waals surface area contributed by atoms with Crippen molar-refractivity contribution in [2.24, 2.45) is 5.92 Å². The molecule has 1 fully saturated rings. The van der Waals surface area contributed by atoms with Crippen LogP contribution in [0.25, 0.3) is 0 Å². The molecule has 1 amide bonds. The van der Waals surface area contributed by atoms with Crippen LogP contribution < -0.4 is 10.3 Å². The van der Waals surface area contributed by atoms with Gasteiger partial charge in [0.25, 0.3) is 11.5 Å². The van der Waals surface area contributed by atoms with Gasteiger partial charge in [-0.05, 0) is 43.2 Å². The van der Waals surface area contributed by atoms with Gasteiger partial charge in [0.15, 0.2) is 11.8 Å². The summed E-state index contributed by atoms with van der Waals surface area (Å²) in [6, 6.07) is 8.23. The average molecular weight is 421 g/mol. The number of halogens is 3. The highest BCUT2D eigenvalue weighted by Crippen LogP contribution is 2.29. The Kier molecular flexibility index (Phi) is 5.53. The smallest absolute Gasteiger partial charge is 0.433 e. The largest absolute Gasteiger partial charge is 0.480 e. The Morgan fingerprint density at radius 2 is 1.90 bits per heavy atom. The molecule has 0 aliphatic carbocycles. The lowest BCUT2D eigenvalue weighted by Crippen LogP contribution is -2.47. The molecule has 1 atom stereocenters. The molecule has 1 saturated heterocycles. The highest BCUT2D eigenvalue weighted by Gasteiger charge is 2.34. The van der Waals surface area contributed by atoms with Crippen LogP contribution >= 0.6 is 0 Å². The van der Waals surface area contributed by atoms with Crippen molar-refractivity contribution in [1.82, 2.24) is 14.5 Å². The summed E-state index contributed by atoms with van der Waals surface area (Å²) in [7, 11) is 0. The van der Waals surface area contributed by atoms with E-state index >= 15 is 0 Å². The minimum absolute atomic E-state index is 0.0312. The number of rotatable bonds is 3. The molecule has 0 spiro atoms. The van der Waals surface area contributed by atoms with Gasteiger partial charge in [-0.1, -0.05) is 18.2 Å². The molecule has 2 aliphatic rings.